The maximum atomic E-state index is 6.17. The van der Waals surface area contributed by atoms with Crippen molar-refractivity contribution in [1.82, 2.24) is 4.98 Å². The lowest BCUT2D eigenvalue weighted by molar-refractivity contribution is 1.49. The summed E-state index contributed by atoms with van der Waals surface area (Å²) in [5, 5.41) is 1.37. The van der Waals surface area contributed by atoms with Crippen LogP contribution in [-0.4, -0.2) is 4.98 Å². The quantitative estimate of drug-likeness (QED) is 0.302. The van der Waals surface area contributed by atoms with E-state index < -0.39 is 0 Å². The predicted molar refractivity (Wildman–Crippen MR) is 81.3 cm³/mol. The molecule has 0 bridgehead atoms. The largest absolute Gasteiger partial charge is 0.398 e. The van der Waals surface area contributed by atoms with Gasteiger partial charge in [0.15, 0.2) is 0 Å². The Morgan fingerprint density at radius 1 is 0.684 bits per heavy atom. The molecule has 6 heteroatoms. The third-order valence-electron chi connectivity index (χ3n) is 3.33. The van der Waals surface area contributed by atoms with Crippen molar-refractivity contribution in [3.8, 4) is 0 Å². The maximum Gasteiger partial charge on any atom is 0.100 e. The number of anilines is 5. The monoisotopic (exact) mass is 254 g/mol. The van der Waals surface area contributed by atoms with Crippen LogP contribution >= 0.6 is 0 Å². The van der Waals surface area contributed by atoms with Gasteiger partial charge in [0.05, 0.1) is 39.3 Å². The van der Waals surface area contributed by atoms with E-state index in [9.17, 15) is 0 Å². The third-order valence-corrected chi connectivity index (χ3v) is 3.33. The van der Waals surface area contributed by atoms with E-state index >= 15 is 0 Å². The molecule has 0 radical (unpaired) electrons. The fourth-order valence-electron chi connectivity index (χ4n) is 2.26. The second kappa shape index (κ2) is 3.55. The fraction of sp³-hybridized carbons (Fsp3) is 0. The van der Waals surface area contributed by atoms with Crippen LogP contribution in [0, 0.1) is 0 Å². The van der Waals surface area contributed by atoms with Crippen LogP contribution in [-0.2, 0) is 0 Å². The van der Waals surface area contributed by atoms with Crippen molar-refractivity contribution in [2.45, 2.75) is 0 Å². The van der Waals surface area contributed by atoms with Crippen LogP contribution in [0.4, 0.5) is 28.4 Å². The molecule has 0 aliphatic carbocycles. The molecule has 19 heavy (non-hydrogen) atoms. The minimum absolute atomic E-state index is 0.243. The van der Waals surface area contributed by atoms with Gasteiger partial charge in [-0.15, -0.1) is 0 Å². The number of hydrogen-bond acceptors (Lipinski definition) is 6. The van der Waals surface area contributed by atoms with Gasteiger partial charge < -0.3 is 28.7 Å². The standard InChI is InChI=1S/C13H14N6/c14-8-5-3-1-2-4-6(5)19-13-7(8)9(15)10(16)11(17)12(13)18/h1-4H,15-18H2,(H2,14,19). The molecule has 3 aromatic rings. The number of fused-ring (bicyclic) bond motifs is 2. The predicted octanol–water partition coefficient (Wildman–Crippen LogP) is 1.30. The number of nitrogen functional groups attached to an aromatic ring is 5. The van der Waals surface area contributed by atoms with Gasteiger partial charge in [0.1, 0.15) is 5.52 Å². The summed E-state index contributed by atoms with van der Waals surface area (Å²) in [6, 6.07) is 7.49. The molecule has 6 nitrogen and oxygen atoms in total. The zero-order valence-electron chi connectivity index (χ0n) is 10.1. The summed E-state index contributed by atoms with van der Waals surface area (Å²) in [7, 11) is 0. The van der Waals surface area contributed by atoms with Gasteiger partial charge in [0.2, 0.25) is 0 Å². The SMILES string of the molecule is Nc1c(N)c(N)c2c(N)c3ccccc3nc2c1N. The first-order valence-electron chi connectivity index (χ1n) is 5.72. The van der Waals surface area contributed by atoms with Gasteiger partial charge in [-0.25, -0.2) is 4.98 Å². The summed E-state index contributed by atoms with van der Waals surface area (Å²) in [4.78, 5) is 4.48. The molecule has 10 N–H and O–H groups in total. The van der Waals surface area contributed by atoms with Crippen LogP contribution in [0.1, 0.15) is 0 Å². The second-order valence-corrected chi connectivity index (χ2v) is 4.42. The van der Waals surface area contributed by atoms with Crippen LogP contribution in [0.15, 0.2) is 24.3 Å². The Bertz CT molecular complexity index is 825. The summed E-state index contributed by atoms with van der Waals surface area (Å²) in [6.07, 6.45) is 0. The number of rotatable bonds is 0. The van der Waals surface area contributed by atoms with Crippen molar-refractivity contribution in [2.24, 2.45) is 0 Å². The first-order chi connectivity index (χ1) is 9.02. The summed E-state index contributed by atoms with van der Waals surface area (Å²) < 4.78 is 0. The summed E-state index contributed by atoms with van der Waals surface area (Å²) in [5.74, 6) is 0. The zero-order chi connectivity index (χ0) is 13.7. The van der Waals surface area contributed by atoms with E-state index in [1.54, 1.807) is 0 Å². The molecule has 0 aliphatic heterocycles. The van der Waals surface area contributed by atoms with Crippen molar-refractivity contribution in [3.63, 3.8) is 0 Å². The Kier molecular flexibility index (Phi) is 2.10. The summed E-state index contributed by atoms with van der Waals surface area (Å²) in [5.41, 5.74) is 32.7. The van der Waals surface area contributed by atoms with Crippen molar-refractivity contribution in [1.29, 1.82) is 0 Å². The molecule has 0 spiro atoms. The molecule has 0 saturated heterocycles. The Labute approximate surface area is 109 Å². The third kappa shape index (κ3) is 1.33. The summed E-state index contributed by atoms with van der Waals surface area (Å²) >= 11 is 0. The Hall–Kier alpha value is -2.89. The molecule has 0 atom stereocenters. The van der Waals surface area contributed by atoms with Crippen LogP contribution in [0.3, 0.4) is 0 Å². The Morgan fingerprint density at radius 3 is 2.05 bits per heavy atom. The molecule has 0 amide bonds. The Balaban J connectivity index is 2.66. The lowest BCUT2D eigenvalue weighted by atomic mass is 10.0. The number of benzene rings is 2. The van der Waals surface area contributed by atoms with Crippen LogP contribution < -0.4 is 28.7 Å². The number of pyridine rings is 1. The minimum Gasteiger partial charge on any atom is -0.398 e. The van der Waals surface area contributed by atoms with E-state index in [1.807, 2.05) is 24.3 Å². The number of nitrogens with zero attached hydrogens (tertiary/aromatic N) is 1. The van der Waals surface area contributed by atoms with Crippen LogP contribution in [0.2, 0.25) is 0 Å². The van der Waals surface area contributed by atoms with Gasteiger partial charge in [0.25, 0.3) is 0 Å². The normalized spacial score (nSPS) is 11.2. The molecule has 1 aromatic heterocycles. The highest BCUT2D eigenvalue weighted by atomic mass is 14.8. The van der Waals surface area contributed by atoms with Crippen molar-refractivity contribution in [3.05, 3.63) is 24.3 Å². The topological polar surface area (TPSA) is 143 Å². The lowest BCUT2D eigenvalue weighted by Crippen LogP contribution is -2.07. The lowest BCUT2D eigenvalue weighted by Gasteiger charge is -2.15. The number of para-hydroxylation sites is 1. The van der Waals surface area contributed by atoms with Gasteiger partial charge in [-0.3, -0.25) is 0 Å². The number of aromatic nitrogens is 1. The van der Waals surface area contributed by atoms with Gasteiger partial charge >= 0.3 is 0 Å². The van der Waals surface area contributed by atoms with Crippen molar-refractivity contribution >= 4 is 50.2 Å². The van der Waals surface area contributed by atoms with Crippen molar-refractivity contribution in [2.75, 3.05) is 28.7 Å². The average Bonchev–Trinajstić information content (AvgIpc) is 2.43. The second-order valence-electron chi connectivity index (χ2n) is 4.42. The molecule has 1 heterocycles. The minimum atomic E-state index is 0.243. The molecule has 2 aromatic carbocycles. The van der Waals surface area contributed by atoms with E-state index in [0.29, 0.717) is 28.0 Å². The smallest absolute Gasteiger partial charge is 0.100 e. The highest BCUT2D eigenvalue weighted by Gasteiger charge is 2.17. The van der Waals surface area contributed by atoms with E-state index in [0.717, 1.165) is 10.9 Å². The van der Waals surface area contributed by atoms with Crippen LogP contribution in [0.5, 0.6) is 0 Å². The Morgan fingerprint density at radius 2 is 1.32 bits per heavy atom. The molecule has 0 unspecified atom stereocenters. The first kappa shape index (κ1) is 11.2. The van der Waals surface area contributed by atoms with E-state index in [2.05, 4.69) is 4.98 Å². The van der Waals surface area contributed by atoms with Gasteiger partial charge in [-0.2, -0.15) is 0 Å². The highest BCUT2D eigenvalue weighted by molar-refractivity contribution is 6.19. The average molecular weight is 254 g/mol. The molecule has 0 saturated carbocycles. The first-order valence-corrected chi connectivity index (χ1v) is 5.72. The van der Waals surface area contributed by atoms with Crippen molar-refractivity contribution < 1.29 is 0 Å². The van der Waals surface area contributed by atoms with Crippen LogP contribution in [0.25, 0.3) is 21.8 Å². The zero-order valence-corrected chi connectivity index (χ0v) is 10.1. The molecule has 0 fully saturated rings. The molecule has 0 aliphatic rings. The molecule has 3 rings (SSSR count). The summed E-state index contributed by atoms with van der Waals surface area (Å²) in [6.45, 7) is 0. The fourth-order valence-corrected chi connectivity index (χ4v) is 2.26. The van der Waals surface area contributed by atoms with Gasteiger partial charge in [-0.1, -0.05) is 18.2 Å². The van der Waals surface area contributed by atoms with E-state index in [-0.39, 0.29) is 11.4 Å². The highest BCUT2D eigenvalue weighted by Crippen LogP contribution is 2.42. The molecule has 96 valence electrons. The van der Waals surface area contributed by atoms with Gasteiger partial charge in [0, 0.05) is 5.39 Å². The maximum absolute atomic E-state index is 6.17. The van der Waals surface area contributed by atoms with E-state index in [1.165, 1.54) is 0 Å². The molecular weight excluding hydrogens is 240 g/mol. The van der Waals surface area contributed by atoms with Gasteiger partial charge in [-0.05, 0) is 6.07 Å². The number of nitrogens with two attached hydrogens (primary N) is 5. The molecular formula is C13H14N6. The van der Waals surface area contributed by atoms with E-state index in [4.69, 9.17) is 28.7 Å². The number of hydrogen-bond donors (Lipinski definition) is 5.